The molecule has 0 amide bonds. The highest BCUT2D eigenvalue weighted by Gasteiger charge is 2.13. The first-order valence-corrected chi connectivity index (χ1v) is 7.70. The largest absolute Gasteiger partial charge is 0.399 e. The van der Waals surface area contributed by atoms with Crippen molar-refractivity contribution in [2.45, 2.75) is 26.8 Å². The highest BCUT2D eigenvalue weighted by Crippen LogP contribution is 2.30. The van der Waals surface area contributed by atoms with Crippen LogP contribution in [0.5, 0.6) is 0 Å². The third-order valence-corrected chi connectivity index (χ3v) is 4.54. The first-order chi connectivity index (χ1) is 10.0. The molecule has 0 saturated carbocycles. The number of benzene rings is 1. The molecule has 2 heterocycles. The summed E-state index contributed by atoms with van der Waals surface area (Å²) < 4.78 is 0. The molecule has 21 heavy (non-hydrogen) atoms. The zero-order chi connectivity index (χ0) is 15.0. The Hall–Kier alpha value is -2.14. The van der Waals surface area contributed by atoms with Crippen LogP contribution in [-0.4, -0.2) is 9.97 Å². The minimum Gasteiger partial charge on any atom is -0.399 e. The summed E-state index contributed by atoms with van der Waals surface area (Å²) in [5.41, 5.74) is 8.81. The van der Waals surface area contributed by atoms with Crippen LogP contribution in [0.2, 0.25) is 0 Å². The van der Waals surface area contributed by atoms with Crippen LogP contribution in [0, 0.1) is 13.8 Å². The van der Waals surface area contributed by atoms with Gasteiger partial charge >= 0.3 is 0 Å². The molecule has 1 aromatic carbocycles. The molecule has 4 nitrogen and oxygen atoms in total. The van der Waals surface area contributed by atoms with Gasteiger partial charge in [-0.15, -0.1) is 11.3 Å². The third-order valence-electron chi connectivity index (χ3n) is 3.56. The standard InChI is InChI=1S/C16H18N4S/c1-9-6-13(11(3)21-9)10(2)20-16-14-7-12(17)4-5-15(14)18-8-19-16/h4-8,10H,17H2,1-3H3,(H,18,19,20). The fraction of sp³-hybridized carbons (Fsp3) is 0.250. The lowest BCUT2D eigenvalue weighted by atomic mass is 10.1. The normalized spacial score (nSPS) is 12.5. The number of nitrogens with zero attached hydrogens (tertiary/aromatic N) is 2. The summed E-state index contributed by atoms with van der Waals surface area (Å²) in [7, 11) is 0. The summed E-state index contributed by atoms with van der Waals surface area (Å²) in [5.74, 6) is 0.822. The van der Waals surface area contributed by atoms with Crippen molar-refractivity contribution in [3.63, 3.8) is 0 Å². The van der Waals surface area contributed by atoms with Crippen molar-refractivity contribution < 1.29 is 0 Å². The topological polar surface area (TPSA) is 63.8 Å². The van der Waals surface area contributed by atoms with Gasteiger partial charge in [-0.1, -0.05) is 0 Å². The number of aryl methyl sites for hydroxylation is 2. The van der Waals surface area contributed by atoms with Gasteiger partial charge in [-0.3, -0.25) is 0 Å². The van der Waals surface area contributed by atoms with Crippen LogP contribution in [0.3, 0.4) is 0 Å². The molecule has 0 aliphatic rings. The Bertz CT molecular complexity index is 794. The molecule has 3 rings (SSSR count). The van der Waals surface area contributed by atoms with E-state index in [9.17, 15) is 0 Å². The second-order valence-electron chi connectivity index (χ2n) is 5.23. The van der Waals surface area contributed by atoms with Gasteiger partial charge in [0, 0.05) is 20.8 Å². The number of fused-ring (bicyclic) bond motifs is 1. The SMILES string of the molecule is Cc1cc(C(C)Nc2ncnc3ccc(N)cc23)c(C)s1. The second kappa shape index (κ2) is 5.33. The van der Waals surface area contributed by atoms with Gasteiger partial charge in [-0.2, -0.15) is 0 Å². The zero-order valence-electron chi connectivity index (χ0n) is 12.3. The molecule has 0 saturated heterocycles. The Labute approximate surface area is 128 Å². The Balaban J connectivity index is 1.98. The van der Waals surface area contributed by atoms with E-state index in [-0.39, 0.29) is 6.04 Å². The van der Waals surface area contributed by atoms with Gasteiger partial charge in [0.05, 0.1) is 11.6 Å². The fourth-order valence-corrected chi connectivity index (χ4v) is 3.57. The van der Waals surface area contributed by atoms with Crippen molar-refractivity contribution in [2.24, 2.45) is 0 Å². The van der Waals surface area contributed by atoms with E-state index >= 15 is 0 Å². The maximum Gasteiger partial charge on any atom is 0.137 e. The van der Waals surface area contributed by atoms with E-state index in [0.29, 0.717) is 0 Å². The monoisotopic (exact) mass is 298 g/mol. The van der Waals surface area contributed by atoms with Crippen molar-refractivity contribution in [1.82, 2.24) is 9.97 Å². The molecule has 5 heteroatoms. The van der Waals surface area contributed by atoms with Gasteiger partial charge in [-0.25, -0.2) is 9.97 Å². The molecule has 0 radical (unpaired) electrons. The molecule has 0 spiro atoms. The van der Waals surface area contributed by atoms with Crippen LogP contribution in [0.4, 0.5) is 11.5 Å². The predicted octanol–water partition coefficient (Wildman–Crippen LogP) is 4.06. The van der Waals surface area contributed by atoms with Crippen molar-refractivity contribution >= 4 is 33.7 Å². The van der Waals surface area contributed by atoms with E-state index in [0.717, 1.165) is 22.4 Å². The lowest BCUT2D eigenvalue weighted by Gasteiger charge is -2.16. The number of hydrogen-bond acceptors (Lipinski definition) is 5. The molecule has 0 aliphatic carbocycles. The van der Waals surface area contributed by atoms with Crippen molar-refractivity contribution in [1.29, 1.82) is 0 Å². The van der Waals surface area contributed by atoms with E-state index in [1.807, 2.05) is 29.5 Å². The van der Waals surface area contributed by atoms with E-state index in [1.165, 1.54) is 15.3 Å². The molecule has 2 aromatic heterocycles. The summed E-state index contributed by atoms with van der Waals surface area (Å²) >= 11 is 1.82. The molecule has 0 fully saturated rings. The first kappa shape index (κ1) is 13.8. The molecule has 3 N–H and O–H groups in total. The number of aromatic nitrogens is 2. The maximum absolute atomic E-state index is 5.88. The quantitative estimate of drug-likeness (QED) is 0.716. The van der Waals surface area contributed by atoms with Crippen molar-refractivity contribution in [3.8, 4) is 0 Å². The van der Waals surface area contributed by atoms with Crippen LogP contribution in [-0.2, 0) is 0 Å². The molecule has 1 atom stereocenters. The van der Waals surface area contributed by atoms with E-state index in [2.05, 4.69) is 42.1 Å². The Morgan fingerprint density at radius 2 is 2.00 bits per heavy atom. The average molecular weight is 298 g/mol. The number of thiophene rings is 1. The maximum atomic E-state index is 5.88. The predicted molar refractivity (Wildman–Crippen MR) is 89.8 cm³/mol. The fourth-order valence-electron chi connectivity index (χ4n) is 2.55. The molecule has 108 valence electrons. The van der Waals surface area contributed by atoms with Gasteiger partial charge in [0.25, 0.3) is 0 Å². The van der Waals surface area contributed by atoms with Gasteiger partial charge in [-0.05, 0) is 50.6 Å². The smallest absolute Gasteiger partial charge is 0.137 e. The lowest BCUT2D eigenvalue weighted by molar-refractivity contribution is 0.873. The number of nitrogen functional groups attached to an aromatic ring is 1. The van der Waals surface area contributed by atoms with Crippen LogP contribution >= 0.6 is 11.3 Å². The van der Waals surface area contributed by atoms with E-state index < -0.39 is 0 Å². The minimum atomic E-state index is 0.189. The average Bonchev–Trinajstić information content (AvgIpc) is 2.78. The molecule has 0 aliphatic heterocycles. The van der Waals surface area contributed by atoms with Crippen LogP contribution < -0.4 is 11.1 Å². The van der Waals surface area contributed by atoms with Gasteiger partial charge in [0.2, 0.25) is 0 Å². The molecule has 0 bridgehead atoms. The zero-order valence-corrected chi connectivity index (χ0v) is 13.2. The third kappa shape index (κ3) is 2.69. The Morgan fingerprint density at radius 3 is 2.71 bits per heavy atom. The molecule has 3 aromatic rings. The summed E-state index contributed by atoms with van der Waals surface area (Å²) in [6.07, 6.45) is 1.58. The van der Waals surface area contributed by atoms with Gasteiger partial charge < -0.3 is 11.1 Å². The van der Waals surface area contributed by atoms with Crippen molar-refractivity contribution in [3.05, 3.63) is 45.9 Å². The number of nitrogens with one attached hydrogen (secondary N) is 1. The highest BCUT2D eigenvalue weighted by molar-refractivity contribution is 7.12. The Morgan fingerprint density at radius 1 is 1.19 bits per heavy atom. The number of anilines is 2. The van der Waals surface area contributed by atoms with Crippen LogP contribution in [0.25, 0.3) is 10.9 Å². The molecular weight excluding hydrogens is 280 g/mol. The minimum absolute atomic E-state index is 0.189. The lowest BCUT2D eigenvalue weighted by Crippen LogP contribution is -2.09. The first-order valence-electron chi connectivity index (χ1n) is 6.88. The molecule has 1 unspecified atom stereocenters. The van der Waals surface area contributed by atoms with Crippen molar-refractivity contribution in [2.75, 3.05) is 11.1 Å². The van der Waals surface area contributed by atoms with Gasteiger partial charge in [0.1, 0.15) is 12.1 Å². The number of nitrogens with two attached hydrogens (primary N) is 1. The summed E-state index contributed by atoms with van der Waals surface area (Å²) in [5, 5.41) is 4.44. The summed E-state index contributed by atoms with van der Waals surface area (Å²) in [6, 6.07) is 8.11. The van der Waals surface area contributed by atoms with Crippen LogP contribution in [0.15, 0.2) is 30.6 Å². The van der Waals surface area contributed by atoms with E-state index in [4.69, 9.17) is 5.73 Å². The summed E-state index contributed by atoms with van der Waals surface area (Å²) in [4.78, 5) is 11.3. The number of rotatable bonds is 3. The Kier molecular flexibility index (Phi) is 3.51. The van der Waals surface area contributed by atoms with E-state index in [1.54, 1.807) is 6.33 Å². The number of hydrogen-bond donors (Lipinski definition) is 2. The molecular formula is C16H18N4S. The highest BCUT2D eigenvalue weighted by atomic mass is 32.1. The van der Waals surface area contributed by atoms with Gasteiger partial charge in [0.15, 0.2) is 0 Å². The van der Waals surface area contributed by atoms with Crippen LogP contribution in [0.1, 0.15) is 28.3 Å². The second-order valence-corrected chi connectivity index (χ2v) is 6.69. The summed E-state index contributed by atoms with van der Waals surface area (Å²) in [6.45, 7) is 6.44.